The molecule has 0 atom stereocenters. The van der Waals surface area contributed by atoms with Gasteiger partial charge in [0.1, 0.15) is 0 Å². The molecule has 0 heterocycles. The van der Waals surface area contributed by atoms with Crippen LogP contribution in [0.3, 0.4) is 0 Å². The minimum Gasteiger partial charge on any atom is -0.375 e. The maximum atomic E-state index is 5.53. The van der Waals surface area contributed by atoms with Gasteiger partial charge < -0.3 is 10.1 Å². The Kier molecular flexibility index (Phi) is 7.34. The van der Waals surface area contributed by atoms with Crippen molar-refractivity contribution < 1.29 is 4.74 Å². The Morgan fingerprint density at radius 1 is 1.20 bits per heavy atom. The summed E-state index contributed by atoms with van der Waals surface area (Å²) in [5.74, 6) is 1.17. The van der Waals surface area contributed by atoms with Gasteiger partial charge in [0, 0.05) is 18.8 Å². The lowest BCUT2D eigenvalue weighted by atomic mass is 10.2. The summed E-state index contributed by atoms with van der Waals surface area (Å²) in [5.41, 5.74) is 1.24. The molecule has 1 aromatic rings. The maximum Gasteiger partial charge on any atom is 0.0717 e. The lowest BCUT2D eigenvalue weighted by Gasteiger charge is -2.05. The van der Waals surface area contributed by atoms with Crippen molar-refractivity contribution in [1.82, 2.24) is 5.32 Å². The molecule has 1 N–H and O–H groups in total. The fourth-order valence-corrected chi connectivity index (χ4v) is 1.56. The van der Waals surface area contributed by atoms with Crippen molar-refractivity contribution in [2.45, 2.75) is 6.61 Å². The van der Waals surface area contributed by atoms with E-state index in [1.165, 1.54) is 11.3 Å². The minimum atomic E-state index is 0.713. The standard InChI is InChI=1S/C12H19NOS/c1-15-10-8-13-7-9-14-11-12-5-3-2-4-6-12/h2-6,13H,7-11H2,1H3. The Labute approximate surface area is 96.4 Å². The van der Waals surface area contributed by atoms with Crippen molar-refractivity contribution in [3.63, 3.8) is 0 Å². The summed E-state index contributed by atoms with van der Waals surface area (Å²) in [6.45, 7) is 3.50. The minimum absolute atomic E-state index is 0.713. The average molecular weight is 225 g/mol. The van der Waals surface area contributed by atoms with Crippen LogP contribution in [-0.2, 0) is 11.3 Å². The number of nitrogens with one attached hydrogen (secondary N) is 1. The Hall–Kier alpha value is -0.510. The van der Waals surface area contributed by atoms with Crippen molar-refractivity contribution in [1.29, 1.82) is 0 Å². The molecule has 0 unspecified atom stereocenters. The Bertz CT molecular complexity index is 241. The molecule has 0 saturated heterocycles. The molecule has 0 radical (unpaired) electrons. The summed E-state index contributed by atoms with van der Waals surface area (Å²) in [4.78, 5) is 0. The second kappa shape index (κ2) is 8.77. The van der Waals surface area contributed by atoms with E-state index in [1.807, 2.05) is 30.0 Å². The van der Waals surface area contributed by atoms with Crippen LogP contribution in [0.4, 0.5) is 0 Å². The molecular weight excluding hydrogens is 206 g/mol. The van der Waals surface area contributed by atoms with Crippen LogP contribution in [0.2, 0.25) is 0 Å². The SMILES string of the molecule is CSCCNCCOCc1ccccc1. The molecule has 84 valence electrons. The lowest BCUT2D eigenvalue weighted by Crippen LogP contribution is -2.22. The molecule has 3 heteroatoms. The second-order valence-corrected chi connectivity index (χ2v) is 4.27. The molecule has 0 aliphatic heterocycles. The molecule has 0 aliphatic carbocycles. The van der Waals surface area contributed by atoms with Crippen LogP contribution in [0.5, 0.6) is 0 Å². The molecular formula is C12H19NOS. The van der Waals surface area contributed by atoms with Crippen molar-refractivity contribution in [3.05, 3.63) is 35.9 Å². The summed E-state index contributed by atoms with van der Waals surface area (Å²) in [7, 11) is 0. The topological polar surface area (TPSA) is 21.3 Å². The highest BCUT2D eigenvalue weighted by Gasteiger charge is 1.91. The van der Waals surface area contributed by atoms with Crippen molar-refractivity contribution in [3.8, 4) is 0 Å². The molecule has 2 nitrogen and oxygen atoms in total. The largest absolute Gasteiger partial charge is 0.375 e. The van der Waals surface area contributed by atoms with Crippen LogP contribution >= 0.6 is 11.8 Å². The predicted molar refractivity (Wildman–Crippen MR) is 67.3 cm³/mol. The molecule has 0 bridgehead atoms. The first kappa shape index (κ1) is 12.6. The Morgan fingerprint density at radius 2 is 2.00 bits per heavy atom. The molecule has 0 fully saturated rings. The van der Waals surface area contributed by atoms with Crippen molar-refractivity contribution in [2.75, 3.05) is 31.7 Å². The van der Waals surface area contributed by atoms with E-state index in [0.717, 1.165) is 19.7 Å². The molecule has 15 heavy (non-hydrogen) atoms. The van der Waals surface area contributed by atoms with Gasteiger partial charge in [0.25, 0.3) is 0 Å². The van der Waals surface area contributed by atoms with Crippen molar-refractivity contribution >= 4 is 11.8 Å². The van der Waals surface area contributed by atoms with Gasteiger partial charge in [-0.05, 0) is 11.8 Å². The Balaban J connectivity index is 1.93. The van der Waals surface area contributed by atoms with E-state index in [0.29, 0.717) is 6.61 Å². The number of ether oxygens (including phenoxy) is 1. The number of hydrogen-bond acceptors (Lipinski definition) is 3. The summed E-state index contributed by atoms with van der Waals surface area (Å²) in [6.07, 6.45) is 2.12. The molecule has 1 aromatic carbocycles. The summed E-state index contributed by atoms with van der Waals surface area (Å²) < 4.78 is 5.53. The highest BCUT2D eigenvalue weighted by Crippen LogP contribution is 1.99. The van der Waals surface area contributed by atoms with Gasteiger partial charge in [-0.1, -0.05) is 30.3 Å². The van der Waals surface area contributed by atoms with E-state index < -0.39 is 0 Å². The van der Waals surface area contributed by atoms with Gasteiger partial charge in [0.05, 0.1) is 13.2 Å². The highest BCUT2D eigenvalue weighted by atomic mass is 32.2. The number of hydrogen-bond donors (Lipinski definition) is 1. The van der Waals surface area contributed by atoms with E-state index >= 15 is 0 Å². The van der Waals surface area contributed by atoms with Crippen LogP contribution in [0.15, 0.2) is 30.3 Å². The van der Waals surface area contributed by atoms with Crippen LogP contribution < -0.4 is 5.32 Å². The van der Waals surface area contributed by atoms with Crippen LogP contribution in [0.25, 0.3) is 0 Å². The van der Waals surface area contributed by atoms with Gasteiger partial charge in [0.15, 0.2) is 0 Å². The lowest BCUT2D eigenvalue weighted by molar-refractivity contribution is 0.123. The molecule has 0 aromatic heterocycles. The van der Waals surface area contributed by atoms with Gasteiger partial charge in [0.2, 0.25) is 0 Å². The zero-order valence-corrected chi connectivity index (χ0v) is 10.1. The van der Waals surface area contributed by atoms with Crippen LogP contribution in [0.1, 0.15) is 5.56 Å². The fourth-order valence-electron chi connectivity index (χ4n) is 1.21. The second-order valence-electron chi connectivity index (χ2n) is 3.28. The van der Waals surface area contributed by atoms with E-state index in [-0.39, 0.29) is 0 Å². The first-order valence-corrected chi connectivity index (χ1v) is 6.64. The van der Waals surface area contributed by atoms with Gasteiger partial charge in [-0.15, -0.1) is 0 Å². The average Bonchev–Trinajstić information content (AvgIpc) is 2.29. The number of benzene rings is 1. The van der Waals surface area contributed by atoms with E-state index in [2.05, 4.69) is 23.7 Å². The van der Waals surface area contributed by atoms with E-state index in [4.69, 9.17) is 4.74 Å². The predicted octanol–water partition coefficient (Wildman–Crippen LogP) is 2.16. The van der Waals surface area contributed by atoms with Crippen molar-refractivity contribution in [2.24, 2.45) is 0 Å². The molecule has 0 spiro atoms. The maximum absolute atomic E-state index is 5.53. The molecule has 0 saturated carbocycles. The molecule has 0 aliphatic rings. The van der Waals surface area contributed by atoms with Crippen LogP contribution in [-0.4, -0.2) is 31.7 Å². The highest BCUT2D eigenvalue weighted by molar-refractivity contribution is 7.98. The van der Waals surface area contributed by atoms with Gasteiger partial charge in [-0.2, -0.15) is 11.8 Å². The smallest absolute Gasteiger partial charge is 0.0717 e. The summed E-state index contributed by atoms with van der Waals surface area (Å²) in [6, 6.07) is 10.3. The third-order valence-corrected chi connectivity index (χ3v) is 2.63. The van der Waals surface area contributed by atoms with E-state index in [1.54, 1.807) is 0 Å². The first-order chi connectivity index (χ1) is 7.43. The van der Waals surface area contributed by atoms with Gasteiger partial charge in [-0.25, -0.2) is 0 Å². The zero-order valence-electron chi connectivity index (χ0n) is 9.24. The zero-order chi connectivity index (χ0) is 10.8. The quantitative estimate of drug-likeness (QED) is 0.685. The third kappa shape index (κ3) is 6.55. The number of rotatable bonds is 8. The van der Waals surface area contributed by atoms with Gasteiger partial charge >= 0.3 is 0 Å². The fraction of sp³-hybridized carbons (Fsp3) is 0.500. The summed E-state index contributed by atoms with van der Waals surface area (Å²) >= 11 is 1.86. The Morgan fingerprint density at radius 3 is 2.73 bits per heavy atom. The monoisotopic (exact) mass is 225 g/mol. The van der Waals surface area contributed by atoms with Gasteiger partial charge in [-0.3, -0.25) is 0 Å². The normalized spacial score (nSPS) is 10.5. The number of thioether (sulfide) groups is 1. The first-order valence-electron chi connectivity index (χ1n) is 5.25. The summed E-state index contributed by atoms with van der Waals surface area (Å²) in [5, 5.41) is 3.33. The van der Waals surface area contributed by atoms with Crippen LogP contribution in [0, 0.1) is 0 Å². The van der Waals surface area contributed by atoms with E-state index in [9.17, 15) is 0 Å². The molecule has 0 amide bonds. The molecule has 1 rings (SSSR count). The third-order valence-electron chi connectivity index (χ3n) is 2.02.